The lowest BCUT2D eigenvalue weighted by molar-refractivity contribution is -0.123. The van der Waals surface area contributed by atoms with Crippen molar-refractivity contribution in [2.24, 2.45) is 5.41 Å². The zero-order chi connectivity index (χ0) is 18.6. The fourth-order valence-electron chi connectivity index (χ4n) is 2.16. The Balaban J connectivity index is 2.02. The molecule has 0 saturated carbocycles. The van der Waals surface area contributed by atoms with Gasteiger partial charge in [-0.05, 0) is 30.7 Å². The number of aromatic nitrogens is 1. The van der Waals surface area contributed by atoms with Gasteiger partial charge >= 0.3 is 0 Å². The van der Waals surface area contributed by atoms with Gasteiger partial charge in [0.1, 0.15) is 0 Å². The molecule has 0 aliphatic heterocycles. The van der Waals surface area contributed by atoms with E-state index in [1.807, 2.05) is 52.0 Å². The Labute approximate surface area is 153 Å². The molecule has 5 nitrogen and oxygen atoms in total. The Morgan fingerprint density at radius 2 is 2.00 bits per heavy atom. The molecule has 0 aliphatic carbocycles. The van der Waals surface area contributed by atoms with Gasteiger partial charge in [-0.1, -0.05) is 26.8 Å². The van der Waals surface area contributed by atoms with E-state index in [-0.39, 0.29) is 11.8 Å². The van der Waals surface area contributed by atoms with Crippen LogP contribution >= 0.6 is 11.3 Å². The molecule has 1 N–H and O–H groups in total. The van der Waals surface area contributed by atoms with Gasteiger partial charge in [0.25, 0.3) is 5.91 Å². The summed E-state index contributed by atoms with van der Waals surface area (Å²) in [7, 11) is 1.79. The van der Waals surface area contributed by atoms with Crippen molar-refractivity contribution in [2.75, 3.05) is 18.9 Å². The molecule has 0 spiro atoms. The number of carbonyl (C=O) groups excluding carboxylic acids is 2. The van der Waals surface area contributed by atoms with E-state index >= 15 is 0 Å². The van der Waals surface area contributed by atoms with E-state index in [0.29, 0.717) is 22.8 Å². The Hall–Kier alpha value is -2.21. The summed E-state index contributed by atoms with van der Waals surface area (Å²) in [6, 6.07) is 7.63. The minimum atomic E-state index is -0.471. The zero-order valence-electron chi connectivity index (χ0n) is 15.4. The van der Waals surface area contributed by atoms with E-state index < -0.39 is 5.41 Å². The number of anilines is 1. The van der Waals surface area contributed by atoms with Crippen molar-refractivity contribution in [1.82, 2.24) is 9.88 Å². The van der Waals surface area contributed by atoms with Crippen LogP contribution in [-0.4, -0.2) is 35.3 Å². The molecule has 0 aromatic carbocycles. The average Bonchev–Trinajstić information content (AvgIpc) is 2.92. The fourth-order valence-corrected chi connectivity index (χ4v) is 3.22. The average molecular weight is 359 g/mol. The molecule has 6 heteroatoms. The third kappa shape index (κ3) is 5.13. The Morgan fingerprint density at radius 1 is 1.28 bits per heavy atom. The molecule has 2 rings (SSSR count). The van der Waals surface area contributed by atoms with Gasteiger partial charge in [0.2, 0.25) is 5.91 Å². The molecule has 134 valence electrons. The van der Waals surface area contributed by atoms with Crippen molar-refractivity contribution in [3.63, 3.8) is 0 Å². The van der Waals surface area contributed by atoms with E-state index in [1.165, 1.54) is 11.3 Å². The molecule has 0 saturated heterocycles. The molecule has 0 radical (unpaired) electrons. The van der Waals surface area contributed by atoms with Crippen LogP contribution in [0.15, 0.2) is 30.5 Å². The molecule has 0 aliphatic rings. The number of likely N-dealkylation sites (N-methyl/N-ethyl adjacent to an activating group) is 1. The summed E-state index contributed by atoms with van der Waals surface area (Å²) in [5, 5.41) is 3.60. The first kappa shape index (κ1) is 19.1. The van der Waals surface area contributed by atoms with Crippen molar-refractivity contribution >= 4 is 28.2 Å². The van der Waals surface area contributed by atoms with Crippen molar-refractivity contribution in [3.05, 3.63) is 46.6 Å². The first-order valence-corrected chi connectivity index (χ1v) is 9.07. The van der Waals surface area contributed by atoms with Gasteiger partial charge in [0, 0.05) is 37.3 Å². The van der Waals surface area contributed by atoms with Crippen LogP contribution in [0.2, 0.25) is 0 Å². The van der Waals surface area contributed by atoms with Gasteiger partial charge in [0.05, 0.1) is 9.88 Å². The number of hydrogen-bond donors (Lipinski definition) is 1. The second-order valence-electron chi connectivity index (χ2n) is 7.12. The summed E-state index contributed by atoms with van der Waals surface area (Å²) in [5.74, 6) is -0.0917. The lowest BCUT2D eigenvalue weighted by Crippen LogP contribution is -2.28. The molecule has 2 amide bonds. The molecule has 0 unspecified atom stereocenters. The highest BCUT2D eigenvalue weighted by atomic mass is 32.1. The van der Waals surface area contributed by atoms with Crippen molar-refractivity contribution in [3.8, 4) is 0 Å². The number of nitrogens with one attached hydrogen (secondary N) is 1. The van der Waals surface area contributed by atoms with Crippen molar-refractivity contribution in [2.45, 2.75) is 34.1 Å². The summed E-state index contributed by atoms with van der Waals surface area (Å²) in [6.45, 7) is 8.07. The van der Waals surface area contributed by atoms with E-state index in [4.69, 9.17) is 0 Å². The van der Waals surface area contributed by atoms with Crippen LogP contribution in [-0.2, 0) is 11.2 Å². The lowest BCUT2D eigenvalue weighted by Gasteiger charge is -2.17. The second kappa shape index (κ2) is 7.78. The first-order valence-electron chi connectivity index (χ1n) is 8.25. The Kier molecular flexibility index (Phi) is 5.95. The van der Waals surface area contributed by atoms with Crippen LogP contribution in [0, 0.1) is 12.3 Å². The quantitative estimate of drug-likeness (QED) is 0.884. The molecular weight excluding hydrogens is 334 g/mol. The second-order valence-corrected chi connectivity index (χ2v) is 8.18. The number of hydrogen-bond acceptors (Lipinski definition) is 4. The normalized spacial score (nSPS) is 11.2. The number of carbonyl (C=O) groups is 2. The third-order valence-corrected chi connectivity index (χ3v) is 4.95. The monoisotopic (exact) mass is 359 g/mol. The molecule has 0 fully saturated rings. The highest BCUT2D eigenvalue weighted by Gasteiger charge is 2.23. The number of nitrogens with zero attached hydrogens (tertiary/aromatic N) is 2. The fraction of sp³-hybridized carbons (Fsp3) is 0.421. The van der Waals surface area contributed by atoms with Crippen molar-refractivity contribution < 1.29 is 9.59 Å². The number of thiophene rings is 1. The molecule has 0 atom stereocenters. The predicted octanol–water partition coefficient (Wildman–Crippen LogP) is 3.75. The maximum Gasteiger partial charge on any atom is 0.264 e. The maximum absolute atomic E-state index is 12.7. The molecule has 2 aromatic heterocycles. The van der Waals surface area contributed by atoms with Crippen LogP contribution in [0.25, 0.3) is 0 Å². The van der Waals surface area contributed by atoms with E-state index in [9.17, 15) is 9.59 Å². The standard InChI is InChI=1S/C19H25N3O2S/c1-13-12-15(21-18(24)19(2,3)4)25-16(13)17(23)22(5)11-9-14-8-6-7-10-20-14/h6-8,10,12H,9,11H2,1-5H3,(H,21,24). The largest absolute Gasteiger partial charge is 0.341 e. The van der Waals surface area contributed by atoms with E-state index in [1.54, 1.807) is 18.1 Å². The van der Waals surface area contributed by atoms with Crippen LogP contribution in [0.4, 0.5) is 5.00 Å². The first-order chi connectivity index (χ1) is 11.7. The summed E-state index contributed by atoms with van der Waals surface area (Å²) < 4.78 is 0. The summed E-state index contributed by atoms with van der Waals surface area (Å²) in [4.78, 5) is 31.4. The number of amides is 2. The summed E-state index contributed by atoms with van der Waals surface area (Å²) in [5.41, 5.74) is 1.37. The van der Waals surface area contributed by atoms with Crippen LogP contribution in [0.1, 0.15) is 41.7 Å². The Morgan fingerprint density at radius 3 is 2.60 bits per heavy atom. The number of aryl methyl sites for hydroxylation is 1. The highest BCUT2D eigenvalue weighted by Crippen LogP contribution is 2.29. The minimum Gasteiger partial charge on any atom is -0.341 e. The molecule has 2 heterocycles. The van der Waals surface area contributed by atoms with Gasteiger partial charge in [-0.25, -0.2) is 0 Å². The van der Waals surface area contributed by atoms with Gasteiger partial charge in [0.15, 0.2) is 0 Å². The highest BCUT2D eigenvalue weighted by molar-refractivity contribution is 7.18. The lowest BCUT2D eigenvalue weighted by atomic mass is 9.96. The smallest absolute Gasteiger partial charge is 0.264 e. The minimum absolute atomic E-state index is 0.0327. The van der Waals surface area contributed by atoms with Gasteiger partial charge in [-0.2, -0.15) is 0 Å². The van der Waals surface area contributed by atoms with Crippen LogP contribution < -0.4 is 5.32 Å². The van der Waals surface area contributed by atoms with E-state index in [2.05, 4.69) is 10.3 Å². The van der Waals surface area contributed by atoms with Crippen LogP contribution in [0.5, 0.6) is 0 Å². The van der Waals surface area contributed by atoms with Crippen LogP contribution in [0.3, 0.4) is 0 Å². The third-order valence-electron chi connectivity index (χ3n) is 3.81. The zero-order valence-corrected chi connectivity index (χ0v) is 16.2. The van der Waals surface area contributed by atoms with E-state index in [0.717, 1.165) is 11.3 Å². The molecule has 2 aromatic rings. The number of rotatable bonds is 5. The maximum atomic E-state index is 12.7. The SMILES string of the molecule is Cc1cc(NC(=O)C(C)(C)C)sc1C(=O)N(C)CCc1ccccn1. The topological polar surface area (TPSA) is 62.3 Å². The van der Waals surface area contributed by atoms with Gasteiger partial charge in [-0.15, -0.1) is 11.3 Å². The van der Waals surface area contributed by atoms with Crippen molar-refractivity contribution in [1.29, 1.82) is 0 Å². The molecule has 25 heavy (non-hydrogen) atoms. The summed E-state index contributed by atoms with van der Waals surface area (Å²) >= 11 is 1.32. The summed E-state index contributed by atoms with van der Waals surface area (Å²) in [6.07, 6.45) is 2.46. The predicted molar refractivity (Wildman–Crippen MR) is 102 cm³/mol. The number of pyridine rings is 1. The molecular formula is C19H25N3O2S. The van der Waals surface area contributed by atoms with Gasteiger partial charge in [-0.3, -0.25) is 14.6 Å². The molecule has 0 bridgehead atoms. The van der Waals surface area contributed by atoms with Gasteiger partial charge < -0.3 is 10.2 Å². The Bertz CT molecular complexity index is 748.